The number of hydrogen-bond acceptors (Lipinski definition) is 8. The van der Waals surface area contributed by atoms with Gasteiger partial charge in [-0.05, 0) is 56.2 Å². The zero-order valence-corrected chi connectivity index (χ0v) is 17.0. The third kappa shape index (κ3) is 5.78. The number of hydrogen-bond donors (Lipinski definition) is 1. The molecule has 1 aromatic carbocycles. The van der Waals surface area contributed by atoms with Crippen LogP contribution in [-0.4, -0.2) is 37.9 Å². The Morgan fingerprint density at radius 1 is 1.18 bits per heavy atom. The van der Waals surface area contributed by atoms with E-state index in [4.69, 9.17) is 9.47 Å². The largest absolute Gasteiger partial charge is 0.461 e. The van der Waals surface area contributed by atoms with E-state index in [0.717, 1.165) is 17.5 Å². The van der Waals surface area contributed by atoms with E-state index in [1.165, 1.54) is 12.3 Å². The normalized spacial score (nSPS) is 11.8. The predicted molar refractivity (Wildman–Crippen MR) is 107 cm³/mol. The topological polar surface area (TPSA) is 107 Å². The van der Waals surface area contributed by atoms with Crippen molar-refractivity contribution in [1.29, 1.82) is 0 Å². The van der Waals surface area contributed by atoms with Crippen molar-refractivity contribution in [3.05, 3.63) is 42.1 Å². The van der Waals surface area contributed by atoms with Gasteiger partial charge in [0.25, 0.3) is 0 Å². The van der Waals surface area contributed by atoms with Gasteiger partial charge in [-0.1, -0.05) is 6.92 Å². The van der Waals surface area contributed by atoms with E-state index in [1.54, 1.807) is 32.0 Å². The molecule has 9 heteroatoms. The molecule has 2 rings (SSSR count). The van der Waals surface area contributed by atoms with Crippen molar-refractivity contribution in [2.75, 3.05) is 18.3 Å². The Kier molecular flexibility index (Phi) is 7.11. The average molecular weight is 405 g/mol. The highest BCUT2D eigenvalue weighted by Crippen LogP contribution is 2.27. The van der Waals surface area contributed by atoms with E-state index < -0.39 is 15.8 Å². The number of aromatic nitrogens is 1. The molecule has 1 N–H and O–H groups in total. The minimum absolute atomic E-state index is 0.0107. The smallest absolute Gasteiger partial charge is 0.354 e. The van der Waals surface area contributed by atoms with Crippen molar-refractivity contribution in [3.63, 3.8) is 0 Å². The summed E-state index contributed by atoms with van der Waals surface area (Å²) in [6, 6.07) is 8.31. The highest BCUT2D eigenvalue weighted by Gasteiger charge is 2.10. The molecule has 0 saturated heterocycles. The Morgan fingerprint density at radius 3 is 2.46 bits per heavy atom. The number of hydrazone groups is 1. The summed E-state index contributed by atoms with van der Waals surface area (Å²) in [5, 5.41) is 4.04. The molecular weight excluding hydrogens is 382 g/mol. The van der Waals surface area contributed by atoms with Crippen LogP contribution in [0, 0.1) is 0 Å². The summed E-state index contributed by atoms with van der Waals surface area (Å²) in [6.45, 7) is 5.57. The zero-order chi connectivity index (χ0) is 20.7. The van der Waals surface area contributed by atoms with Crippen molar-refractivity contribution in [3.8, 4) is 11.5 Å². The van der Waals surface area contributed by atoms with Crippen molar-refractivity contribution in [2.45, 2.75) is 32.2 Å². The van der Waals surface area contributed by atoms with Gasteiger partial charge in [0.2, 0.25) is 0 Å². The molecule has 1 aromatic heterocycles. The van der Waals surface area contributed by atoms with Crippen molar-refractivity contribution in [2.24, 2.45) is 5.10 Å². The fourth-order valence-corrected chi connectivity index (χ4v) is 2.80. The van der Waals surface area contributed by atoms with Gasteiger partial charge in [0.1, 0.15) is 17.2 Å². The Hall–Kier alpha value is -2.94. The highest BCUT2D eigenvalue weighted by molar-refractivity contribution is 7.90. The van der Waals surface area contributed by atoms with Gasteiger partial charge >= 0.3 is 5.97 Å². The molecule has 8 nitrogen and oxygen atoms in total. The molecule has 0 aliphatic rings. The van der Waals surface area contributed by atoms with Gasteiger partial charge in [-0.2, -0.15) is 5.10 Å². The maximum Gasteiger partial charge on any atom is 0.354 e. The van der Waals surface area contributed by atoms with E-state index in [-0.39, 0.29) is 17.3 Å². The Bertz CT molecular complexity index is 970. The number of aryl methyl sites for hydroxylation is 1. The number of sulfone groups is 1. The first-order valence-electron chi connectivity index (χ1n) is 8.69. The summed E-state index contributed by atoms with van der Waals surface area (Å²) in [4.78, 5) is 15.5. The maximum absolute atomic E-state index is 11.6. The fourth-order valence-electron chi connectivity index (χ4n) is 2.24. The number of nitrogens with zero attached hydrogens (tertiary/aromatic N) is 2. The number of benzene rings is 1. The zero-order valence-electron chi connectivity index (χ0n) is 16.2. The van der Waals surface area contributed by atoms with Gasteiger partial charge in [0.05, 0.1) is 18.5 Å². The standard InChI is InChI=1S/C19H23N3O5S/c1-5-14-11-15(27-16-8-10-18(20-12-16)28(4,24)25)7-9-17(14)22-21-13(3)19(23)26-6-2/h7-12,22H,5-6H2,1-4H3/b21-13+. The van der Waals surface area contributed by atoms with Crippen LogP contribution in [-0.2, 0) is 25.8 Å². The summed E-state index contributed by atoms with van der Waals surface area (Å²) >= 11 is 0. The van der Waals surface area contributed by atoms with Crippen LogP contribution in [0.4, 0.5) is 5.69 Å². The molecule has 0 saturated carbocycles. The number of carbonyl (C=O) groups is 1. The van der Waals surface area contributed by atoms with Crippen LogP contribution in [0.25, 0.3) is 0 Å². The van der Waals surface area contributed by atoms with E-state index in [0.29, 0.717) is 17.9 Å². The van der Waals surface area contributed by atoms with Gasteiger partial charge in [0, 0.05) is 6.26 Å². The van der Waals surface area contributed by atoms with Gasteiger partial charge in [-0.3, -0.25) is 5.43 Å². The summed E-state index contributed by atoms with van der Waals surface area (Å²) in [6.07, 6.45) is 3.17. The van der Waals surface area contributed by atoms with Crippen LogP contribution < -0.4 is 10.2 Å². The molecule has 0 spiro atoms. The second kappa shape index (κ2) is 9.32. The first-order chi connectivity index (χ1) is 13.2. The summed E-state index contributed by atoms with van der Waals surface area (Å²) < 4.78 is 33.6. The van der Waals surface area contributed by atoms with Crippen molar-refractivity contribution < 1.29 is 22.7 Å². The second-order valence-corrected chi connectivity index (χ2v) is 7.87. The summed E-state index contributed by atoms with van der Waals surface area (Å²) in [7, 11) is -3.35. The van der Waals surface area contributed by atoms with E-state index >= 15 is 0 Å². The van der Waals surface area contributed by atoms with Gasteiger partial charge in [-0.15, -0.1) is 0 Å². The summed E-state index contributed by atoms with van der Waals surface area (Å²) in [5.41, 5.74) is 4.76. The third-order valence-corrected chi connectivity index (χ3v) is 4.70. The highest BCUT2D eigenvalue weighted by atomic mass is 32.2. The summed E-state index contributed by atoms with van der Waals surface area (Å²) in [5.74, 6) is 0.520. The van der Waals surface area contributed by atoms with E-state index in [2.05, 4.69) is 15.5 Å². The number of carbonyl (C=O) groups excluding carboxylic acids is 1. The number of esters is 1. The predicted octanol–water partition coefficient (Wildman–Crippen LogP) is 3.19. The lowest BCUT2D eigenvalue weighted by molar-refractivity contribution is -0.135. The lowest BCUT2D eigenvalue weighted by Crippen LogP contribution is -2.15. The van der Waals surface area contributed by atoms with Crippen LogP contribution in [0.3, 0.4) is 0 Å². The molecule has 0 fully saturated rings. The molecule has 0 aliphatic heterocycles. The Labute approximate surface area is 164 Å². The van der Waals surface area contributed by atoms with E-state index in [9.17, 15) is 13.2 Å². The molecule has 0 atom stereocenters. The molecule has 0 unspecified atom stereocenters. The monoisotopic (exact) mass is 405 g/mol. The molecule has 0 amide bonds. The number of nitrogens with one attached hydrogen (secondary N) is 1. The van der Waals surface area contributed by atoms with Gasteiger partial charge in [-0.25, -0.2) is 18.2 Å². The van der Waals surface area contributed by atoms with E-state index in [1.807, 2.05) is 13.0 Å². The van der Waals surface area contributed by atoms with Crippen LogP contribution in [0.2, 0.25) is 0 Å². The van der Waals surface area contributed by atoms with Crippen molar-refractivity contribution >= 4 is 27.2 Å². The third-order valence-electron chi connectivity index (χ3n) is 3.70. The average Bonchev–Trinajstić information content (AvgIpc) is 2.66. The molecule has 28 heavy (non-hydrogen) atoms. The van der Waals surface area contributed by atoms with Crippen LogP contribution >= 0.6 is 0 Å². The van der Waals surface area contributed by atoms with Crippen molar-refractivity contribution in [1.82, 2.24) is 4.98 Å². The maximum atomic E-state index is 11.6. The van der Waals surface area contributed by atoms with Crippen LogP contribution in [0.5, 0.6) is 11.5 Å². The number of rotatable bonds is 8. The van der Waals surface area contributed by atoms with Crippen LogP contribution in [0.15, 0.2) is 46.7 Å². The van der Waals surface area contributed by atoms with Gasteiger partial charge < -0.3 is 9.47 Å². The minimum Gasteiger partial charge on any atom is -0.461 e. The molecule has 150 valence electrons. The second-order valence-electron chi connectivity index (χ2n) is 5.91. The molecule has 1 heterocycles. The quantitative estimate of drug-likeness (QED) is 0.408. The molecule has 0 bridgehead atoms. The lowest BCUT2D eigenvalue weighted by atomic mass is 10.1. The first-order valence-corrected chi connectivity index (χ1v) is 10.6. The fraction of sp³-hybridized carbons (Fsp3) is 0.316. The number of ether oxygens (including phenoxy) is 2. The number of pyridine rings is 1. The first kappa shape index (κ1) is 21.4. The van der Waals surface area contributed by atoms with Crippen LogP contribution in [0.1, 0.15) is 26.3 Å². The molecule has 0 aliphatic carbocycles. The Balaban J connectivity index is 2.14. The van der Waals surface area contributed by atoms with Gasteiger partial charge in [0.15, 0.2) is 14.9 Å². The SMILES string of the molecule is CCOC(=O)/C(C)=N/Nc1ccc(Oc2ccc(S(C)(=O)=O)nc2)cc1CC. The molecular formula is C19H23N3O5S. The number of anilines is 1. The Morgan fingerprint density at radius 2 is 1.89 bits per heavy atom. The molecule has 0 radical (unpaired) electrons. The molecule has 2 aromatic rings. The lowest BCUT2D eigenvalue weighted by Gasteiger charge is -2.11. The minimum atomic E-state index is -3.35.